The Morgan fingerprint density at radius 2 is 1.64 bits per heavy atom. The minimum absolute atomic E-state index is 0.0427. The number of unbranched alkanes of at least 4 members (excludes halogenated alkanes) is 1. The fourth-order valence-electron chi connectivity index (χ4n) is 3.18. The first kappa shape index (κ1) is 27.0. The molecule has 0 aromatic heterocycles. The third-order valence-corrected chi connectivity index (χ3v) is 6.91. The Morgan fingerprint density at radius 3 is 2.21 bits per heavy atom. The van der Waals surface area contributed by atoms with E-state index in [0.717, 1.165) is 23.4 Å². The number of nitrogens with zero attached hydrogens (tertiary/aromatic N) is 2. The Bertz CT molecular complexity index is 1080. The van der Waals surface area contributed by atoms with Crippen LogP contribution in [0.5, 0.6) is 0 Å². The molecule has 0 spiro atoms. The number of amides is 2. The summed E-state index contributed by atoms with van der Waals surface area (Å²) in [7, 11) is -3.84. The fourth-order valence-corrected chi connectivity index (χ4v) is 4.52. The molecule has 33 heavy (non-hydrogen) atoms. The molecule has 7 nitrogen and oxygen atoms in total. The summed E-state index contributed by atoms with van der Waals surface area (Å²) in [5, 5.41) is 3.46. The van der Waals surface area contributed by atoms with Gasteiger partial charge in [0.1, 0.15) is 12.6 Å². The molecule has 0 aliphatic heterocycles. The van der Waals surface area contributed by atoms with E-state index in [4.69, 9.17) is 23.2 Å². The van der Waals surface area contributed by atoms with Crippen LogP contribution in [0.2, 0.25) is 10.0 Å². The highest BCUT2D eigenvalue weighted by Gasteiger charge is 2.30. The van der Waals surface area contributed by atoms with Gasteiger partial charge in [-0.1, -0.05) is 66.9 Å². The minimum Gasteiger partial charge on any atom is -0.354 e. The largest absolute Gasteiger partial charge is 0.354 e. The van der Waals surface area contributed by atoms with Crippen molar-refractivity contribution in [2.24, 2.45) is 0 Å². The third-order valence-electron chi connectivity index (χ3n) is 5.10. The Morgan fingerprint density at radius 1 is 1.03 bits per heavy atom. The van der Waals surface area contributed by atoms with Crippen LogP contribution in [0.1, 0.15) is 32.3 Å². The van der Waals surface area contributed by atoms with Crippen molar-refractivity contribution in [2.45, 2.75) is 39.3 Å². The number of carbonyl (C=O) groups excluding carboxylic acids is 2. The minimum atomic E-state index is -3.84. The van der Waals surface area contributed by atoms with Crippen LogP contribution in [-0.4, -0.2) is 50.5 Å². The van der Waals surface area contributed by atoms with E-state index in [2.05, 4.69) is 5.32 Å². The van der Waals surface area contributed by atoms with Gasteiger partial charge >= 0.3 is 0 Å². The summed E-state index contributed by atoms with van der Waals surface area (Å²) in [6, 6.07) is 12.5. The van der Waals surface area contributed by atoms with Gasteiger partial charge in [0.2, 0.25) is 21.8 Å². The van der Waals surface area contributed by atoms with Crippen molar-refractivity contribution in [1.29, 1.82) is 0 Å². The van der Waals surface area contributed by atoms with Crippen molar-refractivity contribution in [2.75, 3.05) is 23.7 Å². The highest BCUT2D eigenvalue weighted by Crippen LogP contribution is 2.27. The molecule has 1 N–H and O–H groups in total. The van der Waals surface area contributed by atoms with Gasteiger partial charge in [-0.25, -0.2) is 8.42 Å². The van der Waals surface area contributed by atoms with Crippen molar-refractivity contribution < 1.29 is 18.0 Å². The number of rotatable bonds is 11. The Kier molecular flexibility index (Phi) is 10.0. The lowest BCUT2D eigenvalue weighted by Gasteiger charge is -2.32. The molecule has 0 saturated carbocycles. The predicted octanol–water partition coefficient (Wildman–Crippen LogP) is 4.09. The molecule has 0 fully saturated rings. The zero-order valence-electron chi connectivity index (χ0n) is 18.9. The van der Waals surface area contributed by atoms with E-state index < -0.39 is 28.5 Å². The molecule has 0 aliphatic carbocycles. The van der Waals surface area contributed by atoms with Gasteiger partial charge in [-0.3, -0.25) is 13.9 Å². The standard InChI is InChI=1S/C23H29Cl2N3O4S/c1-4-5-14-26-23(30)17(2)27(15-18-10-6-7-11-19(18)24)22(29)16-28(33(3,31)32)21-13-9-8-12-20(21)25/h6-13,17H,4-5,14-16H2,1-3H3,(H,26,30)/t17-/m0/s1. The Balaban J connectivity index is 2.37. The summed E-state index contributed by atoms with van der Waals surface area (Å²) < 4.78 is 26.0. The van der Waals surface area contributed by atoms with Crippen LogP contribution >= 0.6 is 23.2 Å². The molecule has 0 bridgehead atoms. The lowest BCUT2D eigenvalue weighted by atomic mass is 10.1. The van der Waals surface area contributed by atoms with Gasteiger partial charge in [-0.05, 0) is 37.1 Å². The summed E-state index contributed by atoms with van der Waals surface area (Å²) in [5.74, 6) is -0.883. The predicted molar refractivity (Wildman–Crippen MR) is 133 cm³/mol. The first-order valence-electron chi connectivity index (χ1n) is 10.6. The van der Waals surface area contributed by atoms with Crippen molar-refractivity contribution in [3.63, 3.8) is 0 Å². The molecule has 0 radical (unpaired) electrons. The molecule has 180 valence electrons. The van der Waals surface area contributed by atoms with E-state index in [1.54, 1.807) is 49.4 Å². The summed E-state index contributed by atoms with van der Waals surface area (Å²) in [6.45, 7) is 3.64. The van der Waals surface area contributed by atoms with Crippen LogP contribution in [0.15, 0.2) is 48.5 Å². The Labute approximate surface area is 205 Å². The van der Waals surface area contributed by atoms with Gasteiger partial charge in [-0.2, -0.15) is 0 Å². The smallest absolute Gasteiger partial charge is 0.244 e. The first-order chi connectivity index (χ1) is 15.6. The van der Waals surface area contributed by atoms with E-state index in [1.807, 2.05) is 6.92 Å². The first-order valence-corrected chi connectivity index (χ1v) is 13.2. The van der Waals surface area contributed by atoms with Crippen molar-refractivity contribution in [3.8, 4) is 0 Å². The lowest BCUT2D eigenvalue weighted by molar-refractivity contribution is -0.139. The topological polar surface area (TPSA) is 86.8 Å². The fraction of sp³-hybridized carbons (Fsp3) is 0.391. The van der Waals surface area contributed by atoms with Crippen LogP contribution in [0.4, 0.5) is 5.69 Å². The quantitative estimate of drug-likeness (QED) is 0.458. The van der Waals surface area contributed by atoms with E-state index >= 15 is 0 Å². The average Bonchev–Trinajstić information content (AvgIpc) is 2.76. The molecule has 2 aromatic carbocycles. The van der Waals surface area contributed by atoms with Crippen LogP contribution in [0.25, 0.3) is 0 Å². The number of halogens is 2. The number of carbonyl (C=O) groups is 2. The number of nitrogens with one attached hydrogen (secondary N) is 1. The number of benzene rings is 2. The highest BCUT2D eigenvalue weighted by molar-refractivity contribution is 7.92. The normalized spacial score (nSPS) is 12.2. The van der Waals surface area contributed by atoms with E-state index in [9.17, 15) is 18.0 Å². The molecular weight excluding hydrogens is 485 g/mol. The number of anilines is 1. The number of sulfonamides is 1. The molecule has 0 saturated heterocycles. The second-order valence-corrected chi connectivity index (χ2v) is 10.4. The molecule has 0 heterocycles. The van der Waals surface area contributed by atoms with Crippen LogP contribution in [-0.2, 0) is 26.2 Å². The molecule has 0 aliphatic rings. The average molecular weight is 514 g/mol. The van der Waals surface area contributed by atoms with Crippen molar-refractivity contribution in [3.05, 3.63) is 64.1 Å². The zero-order valence-corrected chi connectivity index (χ0v) is 21.3. The van der Waals surface area contributed by atoms with Gasteiger partial charge in [0.05, 0.1) is 17.0 Å². The number of hydrogen-bond donors (Lipinski definition) is 1. The number of hydrogen-bond acceptors (Lipinski definition) is 4. The molecule has 2 rings (SSSR count). The molecular formula is C23H29Cl2N3O4S. The molecule has 10 heteroatoms. The lowest BCUT2D eigenvalue weighted by Crippen LogP contribution is -2.51. The summed E-state index contributed by atoms with van der Waals surface area (Å²) in [4.78, 5) is 27.5. The van der Waals surface area contributed by atoms with Crippen molar-refractivity contribution >= 4 is 50.7 Å². The van der Waals surface area contributed by atoms with Crippen molar-refractivity contribution in [1.82, 2.24) is 10.2 Å². The maximum absolute atomic E-state index is 13.4. The second-order valence-electron chi connectivity index (χ2n) is 7.65. The molecule has 1 atom stereocenters. The highest BCUT2D eigenvalue weighted by atomic mass is 35.5. The second kappa shape index (κ2) is 12.3. The van der Waals surface area contributed by atoms with Gasteiger partial charge < -0.3 is 10.2 Å². The SMILES string of the molecule is CCCCNC(=O)[C@H](C)N(Cc1ccccc1Cl)C(=O)CN(c1ccccc1Cl)S(C)(=O)=O. The van der Waals surface area contributed by atoms with E-state index in [-0.39, 0.29) is 23.2 Å². The van der Waals surface area contributed by atoms with Crippen LogP contribution < -0.4 is 9.62 Å². The number of para-hydroxylation sites is 1. The molecule has 2 aromatic rings. The maximum Gasteiger partial charge on any atom is 0.244 e. The maximum atomic E-state index is 13.4. The van der Waals surface area contributed by atoms with Gasteiger partial charge in [0, 0.05) is 18.1 Å². The zero-order chi connectivity index (χ0) is 24.6. The van der Waals surface area contributed by atoms with Gasteiger partial charge in [0.25, 0.3) is 0 Å². The van der Waals surface area contributed by atoms with Gasteiger partial charge in [-0.15, -0.1) is 0 Å². The Hall–Kier alpha value is -2.29. The molecule has 0 unspecified atom stereocenters. The van der Waals surface area contributed by atoms with E-state index in [1.165, 1.54) is 11.0 Å². The molecule has 2 amide bonds. The monoisotopic (exact) mass is 513 g/mol. The summed E-state index contributed by atoms with van der Waals surface area (Å²) >= 11 is 12.5. The third kappa shape index (κ3) is 7.62. The summed E-state index contributed by atoms with van der Waals surface area (Å²) in [6.07, 6.45) is 2.73. The van der Waals surface area contributed by atoms with Crippen LogP contribution in [0, 0.1) is 0 Å². The van der Waals surface area contributed by atoms with Crippen LogP contribution in [0.3, 0.4) is 0 Å². The van der Waals surface area contributed by atoms with E-state index in [0.29, 0.717) is 17.1 Å². The summed E-state index contributed by atoms with van der Waals surface area (Å²) in [5.41, 5.74) is 0.831. The van der Waals surface area contributed by atoms with Gasteiger partial charge in [0.15, 0.2) is 0 Å².